The van der Waals surface area contributed by atoms with Crippen molar-refractivity contribution < 1.29 is 13.5 Å². The second kappa shape index (κ2) is 8.32. The lowest BCUT2D eigenvalue weighted by Crippen LogP contribution is -2.13. The molecular weight excluding hydrogens is 393 g/mol. The zero-order valence-electron chi connectivity index (χ0n) is 15.5. The molecule has 0 saturated heterocycles. The minimum absolute atomic E-state index is 0.119. The van der Waals surface area contributed by atoms with Gasteiger partial charge in [0.25, 0.3) is 5.89 Å². The highest BCUT2D eigenvalue weighted by molar-refractivity contribution is 6.32. The summed E-state index contributed by atoms with van der Waals surface area (Å²) in [7, 11) is 1.56. The van der Waals surface area contributed by atoms with E-state index >= 15 is 0 Å². The zero-order chi connectivity index (χ0) is 20.2. The second-order valence-corrected chi connectivity index (χ2v) is 6.67. The van der Waals surface area contributed by atoms with Crippen molar-refractivity contribution in [3.8, 4) is 17.2 Å². The minimum Gasteiger partial charge on any atom is -0.495 e. The summed E-state index contributed by atoms with van der Waals surface area (Å²) >= 11 is 6.25. The van der Waals surface area contributed by atoms with Crippen LogP contribution in [0.15, 0.2) is 77.2 Å². The Bertz CT molecular complexity index is 1120. The molecular formula is C22H17ClFN3O2. The maximum atomic E-state index is 14.1. The Morgan fingerprint density at radius 2 is 1.76 bits per heavy atom. The van der Waals surface area contributed by atoms with Crippen molar-refractivity contribution in [2.45, 2.75) is 6.04 Å². The number of nitrogens with zero attached hydrogens (tertiary/aromatic N) is 2. The highest BCUT2D eigenvalue weighted by atomic mass is 35.5. The van der Waals surface area contributed by atoms with Gasteiger partial charge in [-0.15, -0.1) is 10.2 Å². The molecule has 1 atom stereocenters. The molecule has 4 aromatic rings. The van der Waals surface area contributed by atoms with E-state index in [2.05, 4.69) is 15.5 Å². The molecule has 146 valence electrons. The fraction of sp³-hybridized carbons (Fsp3) is 0.0909. The van der Waals surface area contributed by atoms with Crippen molar-refractivity contribution in [1.82, 2.24) is 10.2 Å². The van der Waals surface area contributed by atoms with Crippen LogP contribution in [-0.4, -0.2) is 17.3 Å². The van der Waals surface area contributed by atoms with Crippen LogP contribution >= 0.6 is 11.6 Å². The molecule has 1 N–H and O–H groups in total. The van der Waals surface area contributed by atoms with Gasteiger partial charge in [0, 0.05) is 5.69 Å². The zero-order valence-corrected chi connectivity index (χ0v) is 16.2. The van der Waals surface area contributed by atoms with Gasteiger partial charge in [-0.25, -0.2) is 4.39 Å². The molecule has 0 radical (unpaired) electrons. The summed E-state index contributed by atoms with van der Waals surface area (Å²) in [6.07, 6.45) is 0. The first kappa shape index (κ1) is 19.0. The van der Waals surface area contributed by atoms with Crippen LogP contribution in [0.3, 0.4) is 0 Å². The van der Waals surface area contributed by atoms with E-state index in [1.165, 1.54) is 6.07 Å². The van der Waals surface area contributed by atoms with Gasteiger partial charge in [0.15, 0.2) is 0 Å². The van der Waals surface area contributed by atoms with Gasteiger partial charge < -0.3 is 14.5 Å². The van der Waals surface area contributed by atoms with Crippen LogP contribution in [0.1, 0.15) is 17.5 Å². The van der Waals surface area contributed by atoms with Crippen molar-refractivity contribution in [1.29, 1.82) is 0 Å². The van der Waals surface area contributed by atoms with E-state index in [0.717, 1.165) is 11.3 Å². The number of hydrogen-bond acceptors (Lipinski definition) is 5. The van der Waals surface area contributed by atoms with E-state index in [9.17, 15) is 4.39 Å². The monoisotopic (exact) mass is 409 g/mol. The number of methoxy groups -OCH3 is 1. The molecule has 5 nitrogen and oxygen atoms in total. The molecule has 1 heterocycles. The van der Waals surface area contributed by atoms with Crippen LogP contribution in [0.4, 0.5) is 10.1 Å². The summed E-state index contributed by atoms with van der Waals surface area (Å²) in [5.41, 5.74) is 1.91. The molecule has 0 fully saturated rings. The van der Waals surface area contributed by atoms with E-state index in [0.29, 0.717) is 16.7 Å². The topological polar surface area (TPSA) is 60.2 Å². The van der Waals surface area contributed by atoms with Gasteiger partial charge >= 0.3 is 0 Å². The second-order valence-electron chi connectivity index (χ2n) is 6.26. The van der Waals surface area contributed by atoms with Gasteiger partial charge in [-0.1, -0.05) is 54.1 Å². The first-order chi connectivity index (χ1) is 14.2. The smallest absolute Gasteiger partial charge is 0.250 e. The molecule has 29 heavy (non-hydrogen) atoms. The van der Waals surface area contributed by atoms with Gasteiger partial charge in [-0.2, -0.15) is 0 Å². The Balaban J connectivity index is 1.71. The average Bonchev–Trinajstić information content (AvgIpc) is 3.23. The summed E-state index contributed by atoms with van der Waals surface area (Å²) in [4.78, 5) is 0. The third-order valence-corrected chi connectivity index (χ3v) is 4.68. The van der Waals surface area contributed by atoms with E-state index in [-0.39, 0.29) is 11.5 Å². The van der Waals surface area contributed by atoms with Crippen molar-refractivity contribution in [3.05, 3.63) is 95.1 Å². The Labute approximate surface area is 172 Å². The standard InChI is InChI=1S/C22H17ClFN3O2/c1-28-19-12-11-15(13-17(19)23)25-20(14-7-3-2-4-8-14)22-27-26-21(29-22)16-9-5-6-10-18(16)24/h2-13,20,25H,1H3/t20-/m1/s1. The predicted molar refractivity (Wildman–Crippen MR) is 110 cm³/mol. The van der Waals surface area contributed by atoms with E-state index in [4.69, 9.17) is 20.8 Å². The predicted octanol–water partition coefficient (Wildman–Crippen LogP) is 5.74. The largest absolute Gasteiger partial charge is 0.495 e. The van der Waals surface area contributed by atoms with Gasteiger partial charge in [-0.05, 0) is 35.9 Å². The van der Waals surface area contributed by atoms with Crippen LogP contribution in [0.5, 0.6) is 5.75 Å². The van der Waals surface area contributed by atoms with Crippen LogP contribution in [0.2, 0.25) is 5.02 Å². The van der Waals surface area contributed by atoms with E-state index < -0.39 is 11.9 Å². The molecule has 1 aromatic heterocycles. The van der Waals surface area contributed by atoms with Crippen molar-refractivity contribution in [3.63, 3.8) is 0 Å². The van der Waals surface area contributed by atoms with Gasteiger partial charge in [0.1, 0.15) is 17.6 Å². The molecule has 4 rings (SSSR count). The summed E-state index contributed by atoms with van der Waals surface area (Å²) in [6.45, 7) is 0. The SMILES string of the molecule is COc1ccc(N[C@H](c2ccccc2)c2nnc(-c3ccccc3F)o2)cc1Cl. The lowest BCUT2D eigenvalue weighted by Gasteiger charge is -2.17. The molecule has 0 bridgehead atoms. The average molecular weight is 410 g/mol. The highest BCUT2D eigenvalue weighted by Crippen LogP contribution is 2.32. The maximum absolute atomic E-state index is 14.1. The normalized spacial score (nSPS) is 11.8. The van der Waals surface area contributed by atoms with Gasteiger partial charge in [0.2, 0.25) is 5.89 Å². The molecule has 0 unspecified atom stereocenters. The number of anilines is 1. The first-order valence-corrected chi connectivity index (χ1v) is 9.27. The fourth-order valence-electron chi connectivity index (χ4n) is 2.95. The third kappa shape index (κ3) is 4.07. The lowest BCUT2D eigenvalue weighted by atomic mass is 10.1. The number of halogens is 2. The van der Waals surface area contributed by atoms with E-state index in [1.807, 2.05) is 36.4 Å². The summed E-state index contributed by atoms with van der Waals surface area (Å²) < 4.78 is 25.1. The maximum Gasteiger partial charge on any atom is 0.250 e. The summed E-state index contributed by atoms with van der Waals surface area (Å²) in [6, 6.07) is 20.8. The number of nitrogens with one attached hydrogen (secondary N) is 1. The van der Waals surface area contributed by atoms with E-state index in [1.54, 1.807) is 37.4 Å². The molecule has 0 spiro atoms. The number of ether oxygens (including phenoxy) is 1. The third-order valence-electron chi connectivity index (χ3n) is 4.39. The Hall–Kier alpha value is -3.38. The fourth-order valence-corrected chi connectivity index (χ4v) is 3.21. The molecule has 0 saturated carbocycles. The van der Waals surface area contributed by atoms with Crippen molar-refractivity contribution in [2.24, 2.45) is 0 Å². The molecule has 0 aliphatic rings. The number of aromatic nitrogens is 2. The number of benzene rings is 3. The summed E-state index contributed by atoms with van der Waals surface area (Å²) in [5.74, 6) is 0.581. The van der Waals surface area contributed by atoms with Crippen LogP contribution in [0, 0.1) is 5.82 Å². The highest BCUT2D eigenvalue weighted by Gasteiger charge is 2.22. The Morgan fingerprint density at radius 3 is 2.48 bits per heavy atom. The lowest BCUT2D eigenvalue weighted by molar-refractivity contribution is 0.415. The molecule has 7 heteroatoms. The van der Waals surface area contributed by atoms with Crippen LogP contribution in [-0.2, 0) is 0 Å². The molecule has 0 aliphatic carbocycles. The Kier molecular flexibility index (Phi) is 5.44. The first-order valence-electron chi connectivity index (χ1n) is 8.89. The molecule has 3 aromatic carbocycles. The quantitative estimate of drug-likeness (QED) is 0.440. The van der Waals surface area contributed by atoms with Crippen LogP contribution < -0.4 is 10.1 Å². The van der Waals surface area contributed by atoms with Gasteiger partial charge in [-0.3, -0.25) is 0 Å². The summed E-state index contributed by atoms with van der Waals surface area (Å²) in [5, 5.41) is 12.0. The van der Waals surface area contributed by atoms with Crippen molar-refractivity contribution >= 4 is 17.3 Å². The minimum atomic E-state index is -0.450. The van der Waals surface area contributed by atoms with Crippen molar-refractivity contribution in [2.75, 3.05) is 12.4 Å². The molecule has 0 aliphatic heterocycles. The Morgan fingerprint density at radius 1 is 1.00 bits per heavy atom. The van der Waals surface area contributed by atoms with Crippen LogP contribution in [0.25, 0.3) is 11.5 Å². The number of rotatable bonds is 6. The van der Waals surface area contributed by atoms with Gasteiger partial charge in [0.05, 0.1) is 17.7 Å². The molecule has 0 amide bonds. The number of hydrogen-bond donors (Lipinski definition) is 1.